The second-order valence-corrected chi connectivity index (χ2v) is 7.72. The molecular formula is C22H36N2O4. The van der Waals surface area contributed by atoms with Gasteiger partial charge in [-0.1, -0.05) is 26.7 Å². The van der Waals surface area contributed by atoms with Gasteiger partial charge in [0, 0.05) is 25.6 Å². The van der Waals surface area contributed by atoms with Crippen molar-refractivity contribution in [3.05, 3.63) is 24.2 Å². The van der Waals surface area contributed by atoms with Crippen LogP contribution in [0.1, 0.15) is 71.5 Å². The van der Waals surface area contributed by atoms with Crippen molar-refractivity contribution >= 4 is 11.8 Å². The highest BCUT2D eigenvalue weighted by Crippen LogP contribution is 2.17. The summed E-state index contributed by atoms with van der Waals surface area (Å²) in [6.45, 7) is 8.01. The summed E-state index contributed by atoms with van der Waals surface area (Å²) in [6.07, 6.45) is 8.01. The van der Waals surface area contributed by atoms with Gasteiger partial charge >= 0.3 is 0 Å². The lowest BCUT2D eigenvalue weighted by Crippen LogP contribution is -2.47. The Bertz CT molecular complexity index is 581. The molecule has 158 valence electrons. The van der Waals surface area contributed by atoms with Gasteiger partial charge in [-0.3, -0.25) is 9.59 Å². The number of amides is 2. The van der Waals surface area contributed by atoms with Crippen molar-refractivity contribution in [2.75, 3.05) is 19.7 Å². The molecule has 2 heterocycles. The van der Waals surface area contributed by atoms with E-state index in [0.717, 1.165) is 50.9 Å². The Kier molecular flexibility index (Phi) is 9.55. The van der Waals surface area contributed by atoms with Gasteiger partial charge in [-0.25, -0.2) is 0 Å². The summed E-state index contributed by atoms with van der Waals surface area (Å²) >= 11 is 0. The van der Waals surface area contributed by atoms with Gasteiger partial charge in [-0.2, -0.15) is 0 Å². The van der Waals surface area contributed by atoms with E-state index in [9.17, 15) is 9.59 Å². The van der Waals surface area contributed by atoms with Crippen molar-refractivity contribution in [1.29, 1.82) is 0 Å². The number of ether oxygens (including phenoxy) is 1. The third-order valence-electron chi connectivity index (χ3n) is 5.47. The Hall–Kier alpha value is -1.82. The van der Waals surface area contributed by atoms with Crippen LogP contribution < -0.4 is 0 Å². The Morgan fingerprint density at radius 2 is 2.07 bits per heavy atom. The summed E-state index contributed by atoms with van der Waals surface area (Å²) in [5.74, 6) is 0.776. The van der Waals surface area contributed by atoms with Gasteiger partial charge in [0.25, 0.3) is 0 Å². The molecule has 6 heteroatoms. The van der Waals surface area contributed by atoms with Crippen LogP contribution in [-0.4, -0.2) is 53.5 Å². The number of rotatable bonds is 12. The fourth-order valence-corrected chi connectivity index (χ4v) is 3.51. The molecule has 0 saturated carbocycles. The zero-order valence-electron chi connectivity index (χ0n) is 17.7. The van der Waals surface area contributed by atoms with Crippen LogP contribution in [0.2, 0.25) is 0 Å². The van der Waals surface area contributed by atoms with Crippen molar-refractivity contribution in [2.45, 2.75) is 84.4 Å². The molecule has 0 spiro atoms. The summed E-state index contributed by atoms with van der Waals surface area (Å²) in [5.41, 5.74) is 0. The van der Waals surface area contributed by atoms with Crippen molar-refractivity contribution in [3.63, 3.8) is 0 Å². The second-order valence-electron chi connectivity index (χ2n) is 7.72. The highest BCUT2D eigenvalue weighted by atomic mass is 16.5. The summed E-state index contributed by atoms with van der Waals surface area (Å²) in [6, 6.07) is 3.75. The molecule has 0 bridgehead atoms. The van der Waals surface area contributed by atoms with Gasteiger partial charge in [0.1, 0.15) is 12.3 Å². The Balaban J connectivity index is 2.04. The summed E-state index contributed by atoms with van der Waals surface area (Å²) in [7, 11) is 0. The highest BCUT2D eigenvalue weighted by molar-refractivity contribution is 5.85. The molecule has 1 saturated heterocycles. The molecule has 0 radical (unpaired) electrons. The minimum Gasteiger partial charge on any atom is -0.467 e. The van der Waals surface area contributed by atoms with E-state index in [-0.39, 0.29) is 30.5 Å². The molecular weight excluding hydrogens is 356 g/mol. The van der Waals surface area contributed by atoms with Gasteiger partial charge in [0.15, 0.2) is 0 Å². The lowest BCUT2D eigenvalue weighted by Gasteiger charge is -2.32. The summed E-state index contributed by atoms with van der Waals surface area (Å²) in [5, 5.41) is 0. The van der Waals surface area contributed by atoms with Crippen molar-refractivity contribution < 1.29 is 18.7 Å². The largest absolute Gasteiger partial charge is 0.467 e. The molecule has 1 aliphatic rings. The Labute approximate surface area is 169 Å². The third-order valence-corrected chi connectivity index (χ3v) is 5.47. The van der Waals surface area contributed by atoms with E-state index >= 15 is 0 Å². The van der Waals surface area contributed by atoms with Crippen molar-refractivity contribution in [2.24, 2.45) is 0 Å². The molecule has 6 nitrogen and oxygen atoms in total. The van der Waals surface area contributed by atoms with Crippen LogP contribution in [0.4, 0.5) is 0 Å². The molecule has 0 aromatic carbocycles. The van der Waals surface area contributed by atoms with Crippen LogP contribution in [-0.2, 0) is 20.9 Å². The van der Waals surface area contributed by atoms with Crippen molar-refractivity contribution in [1.82, 2.24) is 9.80 Å². The maximum atomic E-state index is 13.2. The minimum atomic E-state index is -0.0453. The average Bonchev–Trinajstić information content (AvgIpc) is 3.39. The average molecular weight is 393 g/mol. The first-order valence-electron chi connectivity index (χ1n) is 10.8. The number of carbonyl (C=O) groups excluding carboxylic acids is 2. The minimum absolute atomic E-state index is 0.0453. The number of hydrogen-bond donors (Lipinski definition) is 0. The number of furan rings is 1. The van der Waals surface area contributed by atoms with E-state index in [1.807, 2.05) is 19.1 Å². The van der Waals surface area contributed by atoms with E-state index in [0.29, 0.717) is 19.5 Å². The number of unbranched alkanes of at least 4 members (excludes halogenated alkanes) is 2. The topological polar surface area (TPSA) is 63.0 Å². The highest BCUT2D eigenvalue weighted by Gasteiger charge is 2.27. The van der Waals surface area contributed by atoms with E-state index in [1.54, 1.807) is 16.1 Å². The standard InChI is InChI=1S/C22H36N2O4/c1-4-6-7-12-21(25)24(18(3)5-2)17-22(26)23(15-19-10-8-13-27-19)16-20-11-9-14-28-20/h8,10,13,18,20H,4-7,9,11-12,14-17H2,1-3H3/t18-,20-/m1/s1. The fourth-order valence-electron chi connectivity index (χ4n) is 3.51. The van der Waals surface area contributed by atoms with Crippen LogP contribution in [0.15, 0.2) is 22.8 Å². The number of carbonyl (C=O) groups is 2. The number of hydrogen-bond acceptors (Lipinski definition) is 4. The second kappa shape index (κ2) is 11.9. The van der Waals surface area contributed by atoms with Gasteiger partial charge < -0.3 is 19.0 Å². The molecule has 2 rings (SSSR count). The fraction of sp³-hybridized carbons (Fsp3) is 0.727. The normalized spacial score (nSPS) is 17.5. The van der Waals surface area contributed by atoms with Gasteiger partial charge in [0.05, 0.1) is 18.9 Å². The molecule has 2 atom stereocenters. The van der Waals surface area contributed by atoms with Gasteiger partial charge in [-0.15, -0.1) is 0 Å². The zero-order chi connectivity index (χ0) is 20.4. The summed E-state index contributed by atoms with van der Waals surface area (Å²) < 4.78 is 11.2. The molecule has 28 heavy (non-hydrogen) atoms. The molecule has 0 aliphatic carbocycles. The lowest BCUT2D eigenvalue weighted by atomic mass is 10.1. The molecule has 0 unspecified atom stereocenters. The van der Waals surface area contributed by atoms with Crippen LogP contribution >= 0.6 is 0 Å². The van der Waals surface area contributed by atoms with Gasteiger partial charge in [0.2, 0.25) is 11.8 Å². The van der Waals surface area contributed by atoms with E-state index < -0.39 is 0 Å². The molecule has 1 aromatic heterocycles. The quantitative estimate of drug-likeness (QED) is 0.505. The predicted octanol–water partition coefficient (Wildman–Crippen LogP) is 3.99. The molecule has 1 fully saturated rings. The van der Waals surface area contributed by atoms with Crippen LogP contribution in [0.25, 0.3) is 0 Å². The van der Waals surface area contributed by atoms with Crippen LogP contribution in [0.3, 0.4) is 0 Å². The first-order valence-corrected chi connectivity index (χ1v) is 10.8. The van der Waals surface area contributed by atoms with Crippen molar-refractivity contribution in [3.8, 4) is 0 Å². The van der Waals surface area contributed by atoms with Crippen LogP contribution in [0, 0.1) is 0 Å². The smallest absolute Gasteiger partial charge is 0.242 e. The maximum absolute atomic E-state index is 13.2. The SMILES string of the molecule is CCCCCC(=O)N(CC(=O)N(Cc1ccco1)C[C@H]1CCCO1)[C@H](C)CC. The number of nitrogens with zero attached hydrogens (tertiary/aromatic N) is 2. The molecule has 2 amide bonds. The molecule has 0 N–H and O–H groups in total. The van der Waals surface area contributed by atoms with E-state index in [2.05, 4.69) is 13.8 Å². The molecule has 1 aliphatic heterocycles. The maximum Gasteiger partial charge on any atom is 0.242 e. The summed E-state index contributed by atoms with van der Waals surface area (Å²) in [4.78, 5) is 29.4. The Morgan fingerprint density at radius 3 is 2.68 bits per heavy atom. The first-order chi connectivity index (χ1) is 13.5. The molecule has 1 aromatic rings. The Morgan fingerprint density at radius 1 is 1.25 bits per heavy atom. The van der Waals surface area contributed by atoms with E-state index in [1.165, 1.54) is 0 Å². The van der Waals surface area contributed by atoms with Crippen LogP contribution in [0.5, 0.6) is 0 Å². The van der Waals surface area contributed by atoms with E-state index in [4.69, 9.17) is 9.15 Å². The first kappa shape index (κ1) is 22.5. The third kappa shape index (κ3) is 6.97. The lowest BCUT2D eigenvalue weighted by molar-refractivity contribution is -0.143. The predicted molar refractivity (Wildman–Crippen MR) is 109 cm³/mol. The monoisotopic (exact) mass is 392 g/mol. The van der Waals surface area contributed by atoms with Gasteiger partial charge in [-0.05, 0) is 44.7 Å². The zero-order valence-corrected chi connectivity index (χ0v) is 17.7.